The van der Waals surface area contributed by atoms with Crippen molar-refractivity contribution in [2.75, 3.05) is 25.0 Å². The average Bonchev–Trinajstić information content (AvgIpc) is 2.87. The Morgan fingerprint density at radius 1 is 1.33 bits per heavy atom. The quantitative estimate of drug-likeness (QED) is 0.826. The van der Waals surface area contributed by atoms with Crippen LogP contribution in [0.5, 0.6) is 0 Å². The molecule has 2 nitrogen and oxygen atoms in total. The van der Waals surface area contributed by atoms with Crippen LogP contribution in [0, 0.1) is 5.92 Å². The van der Waals surface area contributed by atoms with Crippen molar-refractivity contribution in [1.82, 2.24) is 4.90 Å². The molecule has 1 N–H and O–H groups in total. The summed E-state index contributed by atoms with van der Waals surface area (Å²) in [6.45, 7) is 11.4. The van der Waals surface area contributed by atoms with Gasteiger partial charge in [-0.3, -0.25) is 4.90 Å². The maximum Gasteiger partial charge on any atom is 0.0419 e. The van der Waals surface area contributed by atoms with E-state index in [1.54, 1.807) is 0 Å². The molecule has 0 amide bonds. The van der Waals surface area contributed by atoms with Gasteiger partial charge in [0, 0.05) is 25.3 Å². The van der Waals surface area contributed by atoms with Gasteiger partial charge in [-0.05, 0) is 30.0 Å². The first kappa shape index (κ1) is 13.4. The third kappa shape index (κ3) is 3.05. The zero-order valence-electron chi connectivity index (χ0n) is 12.0. The number of para-hydroxylation sites is 1. The van der Waals surface area contributed by atoms with Crippen molar-refractivity contribution in [2.45, 2.75) is 40.2 Å². The molecule has 0 spiro atoms. The van der Waals surface area contributed by atoms with E-state index in [-0.39, 0.29) is 0 Å². The van der Waals surface area contributed by atoms with Crippen molar-refractivity contribution in [2.24, 2.45) is 5.92 Å². The summed E-state index contributed by atoms with van der Waals surface area (Å²) in [4.78, 5) is 2.56. The van der Waals surface area contributed by atoms with Gasteiger partial charge in [-0.2, -0.15) is 0 Å². The van der Waals surface area contributed by atoms with Gasteiger partial charge in [0.25, 0.3) is 0 Å². The fourth-order valence-corrected chi connectivity index (χ4v) is 2.66. The molecule has 0 radical (unpaired) electrons. The molecule has 18 heavy (non-hydrogen) atoms. The van der Waals surface area contributed by atoms with Gasteiger partial charge >= 0.3 is 0 Å². The Bertz CT molecular complexity index is 387. The van der Waals surface area contributed by atoms with Crippen LogP contribution in [0.25, 0.3) is 0 Å². The van der Waals surface area contributed by atoms with E-state index < -0.39 is 0 Å². The lowest BCUT2D eigenvalue weighted by Gasteiger charge is -2.24. The van der Waals surface area contributed by atoms with E-state index in [9.17, 15) is 0 Å². The highest BCUT2D eigenvalue weighted by Crippen LogP contribution is 2.27. The summed E-state index contributed by atoms with van der Waals surface area (Å²) in [5.41, 5.74) is 4.36. The van der Waals surface area contributed by atoms with Crippen LogP contribution in [0.3, 0.4) is 0 Å². The molecule has 0 saturated heterocycles. The molecule has 0 bridgehead atoms. The SMILES string of the molecule is CCC(C)CN(CC)Cc1cccc2c1NCC2. The summed E-state index contributed by atoms with van der Waals surface area (Å²) in [6, 6.07) is 6.73. The molecule has 1 aliphatic rings. The van der Waals surface area contributed by atoms with Gasteiger partial charge < -0.3 is 5.32 Å². The fourth-order valence-electron chi connectivity index (χ4n) is 2.66. The van der Waals surface area contributed by atoms with Crippen LogP contribution < -0.4 is 5.32 Å². The Labute approximate surface area is 111 Å². The Balaban J connectivity index is 2.06. The number of anilines is 1. The molecule has 0 aromatic heterocycles. The highest BCUT2D eigenvalue weighted by atomic mass is 15.1. The van der Waals surface area contributed by atoms with Crippen molar-refractivity contribution in [1.29, 1.82) is 0 Å². The maximum absolute atomic E-state index is 3.54. The van der Waals surface area contributed by atoms with Crippen molar-refractivity contribution in [3.05, 3.63) is 29.3 Å². The van der Waals surface area contributed by atoms with Crippen LogP contribution >= 0.6 is 0 Å². The lowest BCUT2D eigenvalue weighted by Crippen LogP contribution is -2.28. The van der Waals surface area contributed by atoms with Gasteiger partial charge in [0.05, 0.1) is 0 Å². The van der Waals surface area contributed by atoms with Gasteiger partial charge in [0.1, 0.15) is 0 Å². The van der Waals surface area contributed by atoms with E-state index in [1.165, 1.54) is 36.2 Å². The monoisotopic (exact) mass is 246 g/mol. The molecule has 1 aromatic rings. The van der Waals surface area contributed by atoms with Crippen molar-refractivity contribution >= 4 is 5.69 Å². The molecule has 0 fully saturated rings. The molecule has 1 atom stereocenters. The van der Waals surface area contributed by atoms with Crippen molar-refractivity contribution < 1.29 is 0 Å². The number of fused-ring (bicyclic) bond motifs is 1. The van der Waals surface area contributed by atoms with Crippen LogP contribution in [0.4, 0.5) is 5.69 Å². The maximum atomic E-state index is 3.54. The highest BCUT2D eigenvalue weighted by Gasteiger charge is 2.16. The van der Waals surface area contributed by atoms with Crippen LogP contribution in [0.1, 0.15) is 38.3 Å². The van der Waals surface area contributed by atoms with Gasteiger partial charge in [0.15, 0.2) is 0 Å². The molecule has 0 saturated carbocycles. The second-order valence-electron chi connectivity index (χ2n) is 5.47. The van der Waals surface area contributed by atoms with E-state index in [4.69, 9.17) is 0 Å². The largest absolute Gasteiger partial charge is 0.384 e. The number of hydrogen-bond acceptors (Lipinski definition) is 2. The van der Waals surface area contributed by atoms with E-state index in [0.29, 0.717) is 0 Å². The number of nitrogens with zero attached hydrogens (tertiary/aromatic N) is 1. The molecule has 100 valence electrons. The molecule has 1 heterocycles. The van der Waals surface area contributed by atoms with E-state index in [1.807, 2.05) is 0 Å². The Hall–Kier alpha value is -1.02. The first-order valence-corrected chi connectivity index (χ1v) is 7.31. The third-order valence-electron chi connectivity index (χ3n) is 4.04. The minimum Gasteiger partial charge on any atom is -0.384 e. The minimum atomic E-state index is 0.787. The highest BCUT2D eigenvalue weighted by molar-refractivity contribution is 5.61. The summed E-state index contributed by atoms with van der Waals surface area (Å²) in [7, 11) is 0. The van der Waals surface area contributed by atoms with Crippen molar-refractivity contribution in [3.63, 3.8) is 0 Å². The molecule has 0 aliphatic carbocycles. The van der Waals surface area contributed by atoms with E-state index in [2.05, 4.69) is 49.2 Å². The van der Waals surface area contributed by atoms with Crippen LogP contribution in [0.15, 0.2) is 18.2 Å². The van der Waals surface area contributed by atoms with Crippen LogP contribution in [0.2, 0.25) is 0 Å². The number of benzene rings is 1. The molecule has 2 rings (SSSR count). The fraction of sp³-hybridized carbons (Fsp3) is 0.625. The van der Waals surface area contributed by atoms with Gasteiger partial charge in [-0.1, -0.05) is 45.4 Å². The average molecular weight is 246 g/mol. The summed E-state index contributed by atoms with van der Waals surface area (Å²) in [5.74, 6) is 0.787. The topological polar surface area (TPSA) is 15.3 Å². The minimum absolute atomic E-state index is 0.787. The smallest absolute Gasteiger partial charge is 0.0419 e. The molecular formula is C16H26N2. The van der Waals surface area contributed by atoms with E-state index in [0.717, 1.165) is 25.6 Å². The van der Waals surface area contributed by atoms with Crippen LogP contribution in [-0.2, 0) is 13.0 Å². The predicted octanol–water partition coefficient (Wildman–Crippen LogP) is 3.52. The van der Waals surface area contributed by atoms with Gasteiger partial charge in [-0.25, -0.2) is 0 Å². The number of nitrogens with one attached hydrogen (secondary N) is 1. The van der Waals surface area contributed by atoms with Gasteiger partial charge in [0.2, 0.25) is 0 Å². The predicted molar refractivity (Wildman–Crippen MR) is 79.0 cm³/mol. The molecular weight excluding hydrogens is 220 g/mol. The summed E-state index contributed by atoms with van der Waals surface area (Å²) < 4.78 is 0. The third-order valence-corrected chi connectivity index (χ3v) is 4.04. The molecule has 1 unspecified atom stereocenters. The summed E-state index contributed by atoms with van der Waals surface area (Å²) >= 11 is 0. The first-order chi connectivity index (χ1) is 8.74. The number of rotatable bonds is 6. The summed E-state index contributed by atoms with van der Waals surface area (Å²) in [5, 5.41) is 3.54. The van der Waals surface area contributed by atoms with Gasteiger partial charge in [-0.15, -0.1) is 0 Å². The Morgan fingerprint density at radius 2 is 2.17 bits per heavy atom. The molecule has 1 aromatic carbocycles. The molecule has 2 heteroatoms. The van der Waals surface area contributed by atoms with Crippen molar-refractivity contribution in [3.8, 4) is 0 Å². The Kier molecular flexibility index (Phi) is 4.65. The normalized spacial score (nSPS) is 15.6. The first-order valence-electron chi connectivity index (χ1n) is 7.31. The Morgan fingerprint density at radius 3 is 2.89 bits per heavy atom. The lowest BCUT2D eigenvalue weighted by molar-refractivity contribution is 0.238. The lowest BCUT2D eigenvalue weighted by atomic mass is 10.1. The zero-order valence-corrected chi connectivity index (χ0v) is 12.0. The second kappa shape index (κ2) is 6.24. The standard InChI is InChI=1S/C16H26N2/c1-4-13(3)11-18(5-2)12-15-8-6-7-14-9-10-17-16(14)15/h6-8,13,17H,4-5,9-12H2,1-3H3. The molecule has 1 aliphatic heterocycles. The number of hydrogen-bond donors (Lipinski definition) is 1. The van der Waals surface area contributed by atoms with E-state index >= 15 is 0 Å². The van der Waals surface area contributed by atoms with Crippen LogP contribution in [-0.4, -0.2) is 24.5 Å². The summed E-state index contributed by atoms with van der Waals surface area (Å²) in [6.07, 6.45) is 2.45. The zero-order chi connectivity index (χ0) is 13.0. The second-order valence-corrected chi connectivity index (χ2v) is 5.47.